The van der Waals surface area contributed by atoms with E-state index in [1.807, 2.05) is 19.9 Å². The van der Waals surface area contributed by atoms with Crippen molar-refractivity contribution in [2.45, 2.75) is 39.1 Å². The van der Waals surface area contributed by atoms with Crippen molar-refractivity contribution in [3.63, 3.8) is 0 Å². The minimum Gasteiger partial charge on any atom is -0.455 e. The van der Waals surface area contributed by atoms with E-state index in [2.05, 4.69) is 20.4 Å². The van der Waals surface area contributed by atoms with Crippen molar-refractivity contribution in [3.8, 4) is 5.88 Å². The minimum absolute atomic E-state index is 0.199. The second kappa shape index (κ2) is 7.53. The maximum Gasteiger partial charge on any atom is 0.235 e. The Morgan fingerprint density at radius 3 is 2.48 bits per heavy atom. The fourth-order valence-electron chi connectivity index (χ4n) is 2.07. The first-order valence-electron chi connectivity index (χ1n) is 7.33. The molecule has 1 aromatic heterocycles. The van der Waals surface area contributed by atoms with Crippen LogP contribution < -0.4 is 15.0 Å². The van der Waals surface area contributed by atoms with Crippen LogP contribution in [-0.2, 0) is 4.74 Å². The van der Waals surface area contributed by atoms with E-state index in [1.54, 1.807) is 13.0 Å². The third-order valence-electron chi connectivity index (χ3n) is 3.14. The molecule has 7 heteroatoms. The van der Waals surface area contributed by atoms with Crippen molar-refractivity contribution in [1.29, 1.82) is 0 Å². The molecule has 2 rings (SSSR count). The van der Waals surface area contributed by atoms with Crippen LogP contribution in [0.5, 0.6) is 5.88 Å². The predicted octanol–water partition coefficient (Wildman–Crippen LogP) is 0.397. The number of aliphatic hydroxyl groups is 1. The summed E-state index contributed by atoms with van der Waals surface area (Å²) < 4.78 is 11.0. The highest BCUT2D eigenvalue weighted by Gasteiger charge is 2.19. The van der Waals surface area contributed by atoms with Gasteiger partial charge in [0.15, 0.2) is 12.0 Å². The summed E-state index contributed by atoms with van der Waals surface area (Å²) in [4.78, 5) is 2.12. The van der Waals surface area contributed by atoms with Gasteiger partial charge in [-0.05, 0) is 26.8 Å². The minimum atomic E-state index is -0.645. The molecule has 1 aromatic rings. The van der Waals surface area contributed by atoms with Gasteiger partial charge in [0, 0.05) is 25.2 Å². The molecule has 2 heterocycles. The van der Waals surface area contributed by atoms with Crippen molar-refractivity contribution < 1.29 is 14.6 Å². The maximum atomic E-state index is 9.72. The number of hydrogen-bond acceptors (Lipinski definition) is 7. The number of anilines is 1. The van der Waals surface area contributed by atoms with Gasteiger partial charge in [-0.15, -0.1) is 10.2 Å². The van der Waals surface area contributed by atoms with E-state index in [0.29, 0.717) is 19.1 Å². The molecule has 0 spiro atoms. The van der Waals surface area contributed by atoms with Crippen LogP contribution in [0.2, 0.25) is 0 Å². The average molecular weight is 296 g/mol. The Balaban J connectivity index is 1.97. The van der Waals surface area contributed by atoms with E-state index in [4.69, 9.17) is 9.47 Å². The molecule has 0 radical (unpaired) electrons. The molecule has 0 bridgehead atoms. The van der Waals surface area contributed by atoms with Gasteiger partial charge < -0.3 is 19.5 Å². The van der Waals surface area contributed by atoms with E-state index in [1.165, 1.54) is 0 Å². The standard InChI is InChI=1S/C14H24N4O3/c1-10(2)15-14(11(3)19)21-13-5-4-12(16-17-13)18-6-8-20-9-7-18/h4-5,10-11,14-15,19H,6-9H2,1-3H3. The Morgan fingerprint density at radius 1 is 1.24 bits per heavy atom. The van der Waals surface area contributed by atoms with Crippen molar-refractivity contribution in [2.75, 3.05) is 31.2 Å². The molecule has 2 unspecified atom stereocenters. The molecule has 1 aliphatic heterocycles. The highest BCUT2D eigenvalue weighted by atomic mass is 16.5. The first-order chi connectivity index (χ1) is 10.1. The lowest BCUT2D eigenvalue weighted by Crippen LogP contribution is -2.46. The molecule has 2 N–H and O–H groups in total. The van der Waals surface area contributed by atoms with Crippen molar-refractivity contribution in [2.24, 2.45) is 0 Å². The Bertz CT molecular complexity index is 419. The SMILES string of the molecule is CC(C)NC(Oc1ccc(N2CCOCC2)nn1)C(C)O. The largest absolute Gasteiger partial charge is 0.455 e. The summed E-state index contributed by atoms with van der Waals surface area (Å²) >= 11 is 0. The van der Waals surface area contributed by atoms with Gasteiger partial charge >= 0.3 is 0 Å². The van der Waals surface area contributed by atoms with Crippen LogP contribution >= 0.6 is 0 Å². The number of hydrogen-bond donors (Lipinski definition) is 2. The van der Waals surface area contributed by atoms with E-state index < -0.39 is 12.3 Å². The highest BCUT2D eigenvalue weighted by molar-refractivity contribution is 5.38. The molecule has 0 saturated carbocycles. The zero-order valence-corrected chi connectivity index (χ0v) is 12.8. The summed E-state index contributed by atoms with van der Waals surface area (Å²) in [6.45, 7) is 8.72. The third kappa shape index (κ3) is 4.80. The van der Waals surface area contributed by atoms with Crippen LogP contribution in [-0.4, -0.2) is 60.0 Å². The molecule has 1 saturated heterocycles. The zero-order chi connectivity index (χ0) is 15.2. The molecule has 21 heavy (non-hydrogen) atoms. The number of morpholine rings is 1. The normalized spacial score (nSPS) is 18.6. The average Bonchev–Trinajstić information content (AvgIpc) is 2.48. The lowest BCUT2D eigenvalue weighted by molar-refractivity contribution is 0.0184. The maximum absolute atomic E-state index is 9.72. The van der Waals surface area contributed by atoms with Gasteiger partial charge in [0.1, 0.15) is 6.10 Å². The Morgan fingerprint density at radius 2 is 1.95 bits per heavy atom. The molecular formula is C14H24N4O3. The molecule has 0 aliphatic carbocycles. The number of aromatic nitrogens is 2. The number of nitrogens with one attached hydrogen (secondary N) is 1. The molecule has 0 aromatic carbocycles. The molecule has 1 aliphatic rings. The van der Waals surface area contributed by atoms with E-state index in [9.17, 15) is 5.11 Å². The molecule has 118 valence electrons. The third-order valence-corrected chi connectivity index (χ3v) is 3.14. The molecule has 1 fully saturated rings. The van der Waals surface area contributed by atoms with Gasteiger partial charge in [0.2, 0.25) is 5.88 Å². The molecule has 0 amide bonds. The quantitative estimate of drug-likeness (QED) is 0.735. The van der Waals surface area contributed by atoms with E-state index in [-0.39, 0.29) is 6.04 Å². The van der Waals surface area contributed by atoms with Crippen LogP contribution in [0.25, 0.3) is 0 Å². The summed E-state index contributed by atoms with van der Waals surface area (Å²) in [6.07, 6.45) is -1.15. The summed E-state index contributed by atoms with van der Waals surface area (Å²) in [5.74, 6) is 1.21. The monoisotopic (exact) mass is 296 g/mol. The molecular weight excluding hydrogens is 272 g/mol. The fourth-order valence-corrected chi connectivity index (χ4v) is 2.07. The number of rotatable bonds is 6. The van der Waals surface area contributed by atoms with Gasteiger partial charge in [-0.25, -0.2) is 0 Å². The second-order valence-corrected chi connectivity index (χ2v) is 5.43. The Hall–Kier alpha value is -1.44. The number of ether oxygens (including phenoxy) is 2. The van der Waals surface area contributed by atoms with Crippen molar-refractivity contribution >= 4 is 5.82 Å². The van der Waals surface area contributed by atoms with Crippen molar-refractivity contribution in [3.05, 3.63) is 12.1 Å². The van der Waals surface area contributed by atoms with Crippen LogP contribution in [0.15, 0.2) is 12.1 Å². The molecule has 7 nitrogen and oxygen atoms in total. The zero-order valence-electron chi connectivity index (χ0n) is 12.8. The summed E-state index contributed by atoms with van der Waals surface area (Å²) in [5.41, 5.74) is 0. The van der Waals surface area contributed by atoms with Gasteiger partial charge in [-0.2, -0.15) is 0 Å². The van der Waals surface area contributed by atoms with E-state index >= 15 is 0 Å². The van der Waals surface area contributed by atoms with Gasteiger partial charge in [0.25, 0.3) is 0 Å². The fraction of sp³-hybridized carbons (Fsp3) is 0.714. The van der Waals surface area contributed by atoms with Crippen LogP contribution in [0.1, 0.15) is 20.8 Å². The lowest BCUT2D eigenvalue weighted by atomic mass is 10.3. The highest BCUT2D eigenvalue weighted by Crippen LogP contribution is 2.15. The van der Waals surface area contributed by atoms with Crippen LogP contribution in [0, 0.1) is 0 Å². The lowest BCUT2D eigenvalue weighted by Gasteiger charge is -2.27. The summed E-state index contributed by atoms with van der Waals surface area (Å²) in [6, 6.07) is 3.85. The predicted molar refractivity (Wildman–Crippen MR) is 79.4 cm³/mol. The van der Waals surface area contributed by atoms with Crippen molar-refractivity contribution in [1.82, 2.24) is 15.5 Å². The summed E-state index contributed by atoms with van der Waals surface area (Å²) in [5, 5.41) is 21.1. The number of nitrogens with zero attached hydrogens (tertiary/aromatic N) is 3. The topological polar surface area (TPSA) is 79.7 Å². The Labute approximate surface area is 125 Å². The summed E-state index contributed by atoms with van der Waals surface area (Å²) in [7, 11) is 0. The van der Waals surface area contributed by atoms with Gasteiger partial charge in [-0.3, -0.25) is 5.32 Å². The number of aliphatic hydroxyl groups excluding tert-OH is 1. The second-order valence-electron chi connectivity index (χ2n) is 5.43. The smallest absolute Gasteiger partial charge is 0.235 e. The molecule has 2 atom stereocenters. The Kier molecular flexibility index (Phi) is 5.72. The van der Waals surface area contributed by atoms with Crippen LogP contribution in [0.3, 0.4) is 0 Å². The van der Waals surface area contributed by atoms with Crippen LogP contribution in [0.4, 0.5) is 5.82 Å². The first kappa shape index (κ1) is 15.9. The van der Waals surface area contributed by atoms with Gasteiger partial charge in [0.05, 0.1) is 13.2 Å². The van der Waals surface area contributed by atoms with E-state index in [0.717, 1.165) is 18.9 Å². The first-order valence-corrected chi connectivity index (χ1v) is 7.33. The van der Waals surface area contributed by atoms with Gasteiger partial charge in [-0.1, -0.05) is 0 Å².